The summed E-state index contributed by atoms with van der Waals surface area (Å²) in [6.45, 7) is 1.22. The molecule has 0 atom stereocenters. The number of amides is 1. The molecule has 0 fully saturated rings. The highest BCUT2D eigenvalue weighted by Crippen LogP contribution is 2.21. The number of thiazole rings is 1. The molecule has 4 rings (SSSR count). The van der Waals surface area contributed by atoms with Crippen LogP contribution >= 0.6 is 11.3 Å². The highest BCUT2D eigenvalue weighted by atomic mass is 32.1. The molecule has 1 N–H and O–H groups in total. The summed E-state index contributed by atoms with van der Waals surface area (Å²) in [4.78, 5) is 33.3. The van der Waals surface area contributed by atoms with Gasteiger partial charge in [0.25, 0.3) is 0 Å². The van der Waals surface area contributed by atoms with Gasteiger partial charge in [-0.25, -0.2) is 14.5 Å². The first-order valence-electron chi connectivity index (χ1n) is 9.99. The van der Waals surface area contributed by atoms with Gasteiger partial charge in [-0.15, -0.1) is 11.3 Å². The number of carbonyl (C=O) groups is 1. The molecule has 0 saturated heterocycles. The highest BCUT2D eigenvalue weighted by Gasteiger charge is 2.17. The predicted molar refractivity (Wildman–Crippen MR) is 111 cm³/mol. The minimum Gasteiger partial charge on any atom is -0.354 e. The van der Waals surface area contributed by atoms with Gasteiger partial charge in [0, 0.05) is 49.3 Å². The van der Waals surface area contributed by atoms with Crippen molar-refractivity contribution in [2.75, 3.05) is 6.54 Å². The minimum absolute atomic E-state index is 0.0255. The van der Waals surface area contributed by atoms with E-state index in [2.05, 4.69) is 20.4 Å². The summed E-state index contributed by atoms with van der Waals surface area (Å²) >= 11 is 1.62. The molecule has 0 bridgehead atoms. The highest BCUT2D eigenvalue weighted by molar-refractivity contribution is 7.09. The van der Waals surface area contributed by atoms with Crippen molar-refractivity contribution >= 4 is 17.2 Å². The van der Waals surface area contributed by atoms with Crippen LogP contribution in [0, 0.1) is 0 Å². The smallest absolute Gasteiger partial charge is 0.346 e. The number of nitrogens with one attached hydrogen (secondary N) is 1. The number of pyridine rings is 1. The SMILES string of the molecule is O=C(Cn1nc2n(c1=O)CCCCC2)NCCCc1nc(-c2ccncc2)cs1. The molecule has 0 saturated carbocycles. The van der Waals surface area contributed by atoms with Crippen LogP contribution in [0.5, 0.6) is 0 Å². The van der Waals surface area contributed by atoms with Crippen molar-refractivity contribution in [1.82, 2.24) is 29.6 Å². The second-order valence-corrected chi connectivity index (χ2v) is 8.08. The molecule has 4 heterocycles. The Labute approximate surface area is 172 Å². The molecule has 1 amide bonds. The van der Waals surface area contributed by atoms with Crippen molar-refractivity contribution < 1.29 is 4.79 Å². The molecular weight excluding hydrogens is 388 g/mol. The third kappa shape index (κ3) is 4.79. The molecule has 0 unspecified atom stereocenters. The standard InChI is InChI=1S/C20H24N6O2S/c27-18(13-26-20(28)25-12-3-1-2-5-17(25)24-26)22-9-4-6-19-23-16(14-29-19)15-7-10-21-11-8-15/h7-8,10-11,14H,1-6,9,12-13H2,(H,22,27). The van der Waals surface area contributed by atoms with Crippen molar-refractivity contribution in [3.63, 3.8) is 0 Å². The van der Waals surface area contributed by atoms with Gasteiger partial charge in [-0.1, -0.05) is 6.42 Å². The van der Waals surface area contributed by atoms with Crippen molar-refractivity contribution in [2.45, 2.75) is 51.6 Å². The van der Waals surface area contributed by atoms with E-state index in [4.69, 9.17) is 0 Å². The van der Waals surface area contributed by atoms with E-state index in [1.54, 1.807) is 28.3 Å². The summed E-state index contributed by atoms with van der Waals surface area (Å²) < 4.78 is 3.00. The summed E-state index contributed by atoms with van der Waals surface area (Å²) in [7, 11) is 0. The van der Waals surface area contributed by atoms with Gasteiger partial charge in [0.05, 0.1) is 10.7 Å². The Bertz CT molecular complexity index is 1020. The Morgan fingerprint density at radius 1 is 1.21 bits per heavy atom. The Balaban J connectivity index is 1.24. The first-order chi connectivity index (χ1) is 14.2. The van der Waals surface area contributed by atoms with Gasteiger partial charge in [-0.05, 0) is 31.4 Å². The van der Waals surface area contributed by atoms with Crippen LogP contribution in [0.3, 0.4) is 0 Å². The number of nitrogens with zero attached hydrogens (tertiary/aromatic N) is 5. The average Bonchev–Trinajstić information content (AvgIpc) is 3.23. The van der Waals surface area contributed by atoms with Gasteiger partial charge in [0.1, 0.15) is 12.4 Å². The van der Waals surface area contributed by atoms with E-state index >= 15 is 0 Å². The topological polar surface area (TPSA) is 94.7 Å². The third-order valence-electron chi connectivity index (χ3n) is 4.99. The van der Waals surface area contributed by atoms with Crippen molar-refractivity contribution in [1.29, 1.82) is 0 Å². The van der Waals surface area contributed by atoms with Gasteiger partial charge in [-0.3, -0.25) is 14.3 Å². The number of carbonyl (C=O) groups excluding carboxylic acids is 1. The van der Waals surface area contributed by atoms with Crippen LogP contribution in [-0.2, 0) is 30.7 Å². The molecule has 9 heteroatoms. The lowest BCUT2D eigenvalue weighted by Crippen LogP contribution is -2.34. The molecule has 152 valence electrons. The second kappa shape index (κ2) is 9.13. The maximum absolute atomic E-state index is 12.4. The van der Waals surface area contributed by atoms with Gasteiger partial charge >= 0.3 is 5.69 Å². The number of fused-ring (bicyclic) bond motifs is 1. The normalized spacial score (nSPS) is 13.7. The second-order valence-electron chi connectivity index (χ2n) is 7.13. The lowest BCUT2D eigenvalue weighted by molar-refractivity contribution is -0.121. The van der Waals surface area contributed by atoms with E-state index in [0.717, 1.165) is 60.6 Å². The van der Waals surface area contributed by atoms with Crippen molar-refractivity contribution in [3.05, 3.63) is 51.2 Å². The van der Waals surface area contributed by atoms with E-state index < -0.39 is 0 Å². The molecule has 8 nitrogen and oxygen atoms in total. The van der Waals surface area contributed by atoms with Crippen LogP contribution in [0.15, 0.2) is 34.7 Å². The van der Waals surface area contributed by atoms with Gasteiger partial charge < -0.3 is 5.32 Å². The fraction of sp³-hybridized carbons (Fsp3) is 0.450. The van der Waals surface area contributed by atoms with E-state index in [-0.39, 0.29) is 18.1 Å². The minimum atomic E-state index is -0.183. The fourth-order valence-corrected chi connectivity index (χ4v) is 4.32. The lowest BCUT2D eigenvalue weighted by Gasteiger charge is -2.04. The largest absolute Gasteiger partial charge is 0.354 e. The maximum Gasteiger partial charge on any atom is 0.346 e. The number of aromatic nitrogens is 5. The van der Waals surface area contributed by atoms with Crippen LogP contribution < -0.4 is 11.0 Å². The zero-order valence-corrected chi connectivity index (χ0v) is 17.0. The Kier molecular flexibility index (Phi) is 6.14. The number of rotatable bonds is 7. The number of hydrogen-bond donors (Lipinski definition) is 1. The molecule has 0 spiro atoms. The van der Waals surface area contributed by atoms with Crippen LogP contribution in [0.4, 0.5) is 0 Å². The van der Waals surface area contributed by atoms with E-state index in [1.807, 2.05) is 17.5 Å². The molecule has 3 aromatic rings. The maximum atomic E-state index is 12.4. The molecule has 0 aliphatic carbocycles. The molecule has 3 aromatic heterocycles. The average molecular weight is 413 g/mol. The monoisotopic (exact) mass is 412 g/mol. The number of aryl methyl sites for hydroxylation is 2. The summed E-state index contributed by atoms with van der Waals surface area (Å²) in [6.07, 6.45) is 9.07. The van der Waals surface area contributed by atoms with Crippen LogP contribution in [-0.4, -0.2) is 36.8 Å². The molecule has 0 radical (unpaired) electrons. The van der Waals surface area contributed by atoms with Gasteiger partial charge in [0.15, 0.2) is 0 Å². The van der Waals surface area contributed by atoms with Crippen LogP contribution in [0.2, 0.25) is 0 Å². The summed E-state index contributed by atoms with van der Waals surface area (Å²) in [6, 6.07) is 3.88. The zero-order chi connectivity index (χ0) is 20.1. The Morgan fingerprint density at radius 3 is 2.93 bits per heavy atom. The summed E-state index contributed by atoms with van der Waals surface area (Å²) in [5.74, 6) is 0.617. The summed E-state index contributed by atoms with van der Waals surface area (Å²) in [5.41, 5.74) is 1.83. The Morgan fingerprint density at radius 2 is 2.07 bits per heavy atom. The van der Waals surface area contributed by atoms with E-state index in [0.29, 0.717) is 13.1 Å². The van der Waals surface area contributed by atoms with Crippen LogP contribution in [0.25, 0.3) is 11.3 Å². The molecule has 29 heavy (non-hydrogen) atoms. The molecule has 1 aliphatic rings. The Hall–Kier alpha value is -2.81. The number of hydrogen-bond acceptors (Lipinski definition) is 6. The molecule has 0 aromatic carbocycles. The molecule has 1 aliphatic heterocycles. The van der Waals surface area contributed by atoms with E-state index in [9.17, 15) is 9.59 Å². The van der Waals surface area contributed by atoms with Gasteiger partial charge in [0.2, 0.25) is 5.91 Å². The molecular formula is C20H24N6O2S. The zero-order valence-electron chi connectivity index (χ0n) is 16.2. The first-order valence-corrected chi connectivity index (χ1v) is 10.9. The summed E-state index contributed by atoms with van der Waals surface area (Å²) in [5, 5.41) is 10.3. The van der Waals surface area contributed by atoms with Gasteiger partial charge in [-0.2, -0.15) is 5.10 Å². The fourth-order valence-electron chi connectivity index (χ4n) is 3.47. The van der Waals surface area contributed by atoms with Crippen molar-refractivity contribution in [3.8, 4) is 11.3 Å². The predicted octanol–water partition coefficient (Wildman–Crippen LogP) is 2.04. The third-order valence-corrected chi connectivity index (χ3v) is 5.90. The lowest BCUT2D eigenvalue weighted by atomic mass is 10.2. The van der Waals surface area contributed by atoms with Crippen LogP contribution in [0.1, 0.15) is 36.5 Å². The van der Waals surface area contributed by atoms with E-state index in [1.165, 1.54) is 4.68 Å². The quantitative estimate of drug-likeness (QED) is 0.599. The van der Waals surface area contributed by atoms with Crippen molar-refractivity contribution in [2.24, 2.45) is 0 Å². The first kappa shape index (κ1) is 19.5.